The van der Waals surface area contributed by atoms with E-state index < -0.39 is 0 Å². The molecular formula is C16H18Cl4. The van der Waals surface area contributed by atoms with Crippen molar-refractivity contribution < 1.29 is 0 Å². The number of hydrogen-bond acceptors (Lipinski definition) is 0. The fourth-order valence-electron chi connectivity index (χ4n) is 4.53. The van der Waals surface area contributed by atoms with Gasteiger partial charge in [-0.05, 0) is 47.6 Å². The molecule has 1 saturated carbocycles. The first-order valence-corrected chi connectivity index (χ1v) is 8.74. The molecular weight excluding hydrogens is 334 g/mol. The normalized spacial score (nSPS) is 32.7. The Morgan fingerprint density at radius 2 is 1.60 bits per heavy atom. The molecule has 3 rings (SSSR count). The maximum absolute atomic E-state index is 6.57. The fraction of sp³-hybridized carbons (Fsp3) is 0.625. The summed E-state index contributed by atoms with van der Waals surface area (Å²) in [5.41, 5.74) is 2.38. The number of rotatable bonds is 0. The van der Waals surface area contributed by atoms with Crippen molar-refractivity contribution in [1.29, 1.82) is 0 Å². The van der Waals surface area contributed by atoms with Crippen molar-refractivity contribution in [1.82, 2.24) is 0 Å². The van der Waals surface area contributed by atoms with Crippen molar-refractivity contribution in [3.05, 3.63) is 31.2 Å². The van der Waals surface area contributed by atoms with Crippen LogP contribution in [-0.2, 0) is 11.8 Å². The largest absolute Gasteiger partial charge is 0.0823 e. The molecule has 1 aromatic carbocycles. The van der Waals surface area contributed by atoms with E-state index in [1.807, 2.05) is 0 Å². The van der Waals surface area contributed by atoms with E-state index in [4.69, 9.17) is 46.4 Å². The van der Waals surface area contributed by atoms with E-state index >= 15 is 0 Å². The van der Waals surface area contributed by atoms with Gasteiger partial charge in [0, 0.05) is 0 Å². The minimum Gasteiger partial charge on any atom is -0.0823 e. The monoisotopic (exact) mass is 350 g/mol. The highest BCUT2D eigenvalue weighted by Gasteiger charge is 2.47. The Balaban J connectivity index is 2.26. The van der Waals surface area contributed by atoms with E-state index in [9.17, 15) is 0 Å². The lowest BCUT2D eigenvalue weighted by Crippen LogP contribution is -2.43. The molecule has 0 bridgehead atoms. The van der Waals surface area contributed by atoms with Gasteiger partial charge in [0.2, 0.25) is 0 Å². The van der Waals surface area contributed by atoms with Crippen molar-refractivity contribution in [2.45, 2.75) is 51.4 Å². The number of fused-ring (bicyclic) bond motifs is 3. The van der Waals surface area contributed by atoms with Crippen LogP contribution >= 0.6 is 46.4 Å². The van der Waals surface area contributed by atoms with E-state index in [-0.39, 0.29) is 5.41 Å². The lowest BCUT2D eigenvalue weighted by molar-refractivity contribution is 0.118. The molecule has 0 N–H and O–H groups in total. The van der Waals surface area contributed by atoms with Crippen LogP contribution < -0.4 is 0 Å². The summed E-state index contributed by atoms with van der Waals surface area (Å²) in [6.45, 7) is 4.69. The molecule has 0 amide bonds. The Hall–Kier alpha value is 0.380. The topological polar surface area (TPSA) is 0 Å². The molecule has 0 nitrogen and oxygen atoms in total. The van der Waals surface area contributed by atoms with Crippen LogP contribution in [0.2, 0.25) is 20.1 Å². The van der Waals surface area contributed by atoms with Crippen molar-refractivity contribution in [2.75, 3.05) is 0 Å². The predicted octanol–water partition coefficient (Wildman–Crippen LogP) is 6.94. The van der Waals surface area contributed by atoms with E-state index in [2.05, 4.69) is 13.8 Å². The van der Waals surface area contributed by atoms with Crippen molar-refractivity contribution in [3.8, 4) is 0 Å². The molecule has 110 valence electrons. The first kappa shape index (κ1) is 15.3. The molecule has 1 fully saturated rings. The molecule has 0 aliphatic heterocycles. The standard InChI is InChI=1S/C16H18Cl4/c1-8-4-3-7-16(2)10(8)6-5-9-11(16)13(18)15(20)14(19)12(9)17/h8,10H,3-7H2,1-2H3. The van der Waals surface area contributed by atoms with Crippen molar-refractivity contribution in [2.24, 2.45) is 11.8 Å². The molecule has 0 radical (unpaired) electrons. The number of hydrogen-bond donors (Lipinski definition) is 0. The summed E-state index contributed by atoms with van der Waals surface area (Å²) < 4.78 is 0. The second-order valence-electron chi connectivity index (χ2n) is 6.54. The van der Waals surface area contributed by atoms with Gasteiger partial charge in [0.05, 0.1) is 20.1 Å². The molecule has 1 aromatic rings. The molecule has 20 heavy (non-hydrogen) atoms. The van der Waals surface area contributed by atoms with Crippen LogP contribution in [0.5, 0.6) is 0 Å². The van der Waals surface area contributed by atoms with E-state index in [1.165, 1.54) is 24.8 Å². The van der Waals surface area contributed by atoms with Crippen LogP contribution in [0.15, 0.2) is 0 Å². The lowest BCUT2D eigenvalue weighted by Gasteiger charge is -2.50. The van der Waals surface area contributed by atoms with E-state index in [1.54, 1.807) is 0 Å². The Bertz CT molecular complexity index is 566. The van der Waals surface area contributed by atoms with Gasteiger partial charge in [-0.3, -0.25) is 0 Å². The number of halogens is 4. The minimum absolute atomic E-state index is 0.0835. The second kappa shape index (κ2) is 5.23. The zero-order valence-electron chi connectivity index (χ0n) is 11.7. The van der Waals surface area contributed by atoms with Crippen molar-refractivity contribution in [3.63, 3.8) is 0 Å². The molecule has 0 aromatic heterocycles. The summed E-state index contributed by atoms with van der Waals surface area (Å²) in [5, 5.41) is 2.05. The molecule has 4 heteroatoms. The number of benzene rings is 1. The first-order valence-electron chi connectivity index (χ1n) is 7.23. The van der Waals surface area contributed by atoms with Gasteiger partial charge in [-0.25, -0.2) is 0 Å². The third-order valence-corrected chi connectivity index (χ3v) is 7.34. The zero-order chi connectivity index (χ0) is 14.7. The molecule has 3 atom stereocenters. The van der Waals surface area contributed by atoms with Crippen LogP contribution in [-0.4, -0.2) is 0 Å². The average molecular weight is 352 g/mol. The van der Waals surface area contributed by atoms with Gasteiger partial charge in [0.15, 0.2) is 0 Å². The van der Waals surface area contributed by atoms with Gasteiger partial charge in [-0.15, -0.1) is 0 Å². The molecule has 0 heterocycles. The van der Waals surface area contributed by atoms with Crippen LogP contribution in [0.4, 0.5) is 0 Å². The Labute approximate surface area is 140 Å². The van der Waals surface area contributed by atoms with Crippen LogP contribution in [0.25, 0.3) is 0 Å². The molecule has 0 spiro atoms. The highest BCUT2D eigenvalue weighted by atomic mass is 35.5. The van der Waals surface area contributed by atoms with Gasteiger partial charge in [-0.1, -0.05) is 73.1 Å². The summed E-state index contributed by atoms with van der Waals surface area (Å²) in [7, 11) is 0. The minimum atomic E-state index is 0.0835. The van der Waals surface area contributed by atoms with Gasteiger partial charge in [-0.2, -0.15) is 0 Å². The first-order chi connectivity index (χ1) is 9.38. The predicted molar refractivity (Wildman–Crippen MR) is 88.7 cm³/mol. The maximum atomic E-state index is 6.57. The fourth-order valence-corrected chi connectivity index (χ4v) is 5.73. The quantitative estimate of drug-likeness (QED) is 0.350. The third-order valence-electron chi connectivity index (χ3n) is 5.50. The van der Waals surface area contributed by atoms with E-state index in [0.29, 0.717) is 26.0 Å². The zero-order valence-corrected chi connectivity index (χ0v) is 14.7. The summed E-state index contributed by atoms with van der Waals surface area (Å²) in [5.74, 6) is 1.39. The van der Waals surface area contributed by atoms with Crippen LogP contribution in [0, 0.1) is 11.8 Å². The Kier molecular flexibility index (Phi) is 4.00. The van der Waals surface area contributed by atoms with Crippen LogP contribution in [0.1, 0.15) is 50.7 Å². The van der Waals surface area contributed by atoms with E-state index in [0.717, 1.165) is 24.3 Å². The van der Waals surface area contributed by atoms with Gasteiger partial charge >= 0.3 is 0 Å². The molecule has 2 aliphatic rings. The maximum Gasteiger partial charge on any atom is 0.0796 e. The lowest BCUT2D eigenvalue weighted by atomic mass is 9.55. The summed E-state index contributed by atoms with van der Waals surface area (Å²) in [4.78, 5) is 0. The molecule has 0 saturated heterocycles. The summed E-state index contributed by atoms with van der Waals surface area (Å²) in [6.07, 6.45) is 5.82. The Morgan fingerprint density at radius 1 is 0.950 bits per heavy atom. The van der Waals surface area contributed by atoms with Gasteiger partial charge in [0.1, 0.15) is 0 Å². The van der Waals surface area contributed by atoms with Crippen LogP contribution in [0.3, 0.4) is 0 Å². The van der Waals surface area contributed by atoms with Crippen molar-refractivity contribution >= 4 is 46.4 Å². The average Bonchev–Trinajstić information content (AvgIpc) is 2.41. The SMILES string of the molecule is CC1CCCC2(C)c3c(Cl)c(Cl)c(Cl)c(Cl)c3CCC12. The van der Waals surface area contributed by atoms with Gasteiger partial charge in [0.25, 0.3) is 0 Å². The summed E-state index contributed by atoms with van der Waals surface area (Å²) in [6, 6.07) is 0. The summed E-state index contributed by atoms with van der Waals surface area (Å²) >= 11 is 25.5. The Morgan fingerprint density at radius 3 is 2.30 bits per heavy atom. The van der Waals surface area contributed by atoms with Gasteiger partial charge < -0.3 is 0 Å². The molecule has 3 unspecified atom stereocenters. The molecule has 2 aliphatic carbocycles. The highest BCUT2D eigenvalue weighted by Crippen LogP contribution is 2.57. The third kappa shape index (κ3) is 2.02. The second-order valence-corrected chi connectivity index (χ2v) is 8.05. The smallest absolute Gasteiger partial charge is 0.0796 e. The highest BCUT2D eigenvalue weighted by molar-refractivity contribution is 6.52.